The van der Waals surface area contributed by atoms with Crippen molar-refractivity contribution in [2.45, 2.75) is 58.2 Å². The van der Waals surface area contributed by atoms with Gasteiger partial charge in [0.15, 0.2) is 5.79 Å². The molecule has 4 fully saturated rings. The highest BCUT2D eigenvalue weighted by atomic mass is 16.7. The number of hydrogen-bond donors (Lipinski definition) is 0. The van der Waals surface area contributed by atoms with Gasteiger partial charge in [0.1, 0.15) is 5.75 Å². The summed E-state index contributed by atoms with van der Waals surface area (Å²) in [4.78, 5) is 36.9. The van der Waals surface area contributed by atoms with Crippen molar-refractivity contribution in [3.05, 3.63) is 30.0 Å². The van der Waals surface area contributed by atoms with Crippen LogP contribution in [0.2, 0.25) is 0 Å². The fraction of sp³-hybridized carbons (Fsp3) is 0.633. The van der Waals surface area contributed by atoms with Gasteiger partial charge in [0, 0.05) is 69.6 Å². The number of unbranched alkanes of at least 4 members (excludes halogenated alkanes) is 1. The van der Waals surface area contributed by atoms with E-state index >= 15 is 0 Å². The van der Waals surface area contributed by atoms with E-state index in [1.165, 1.54) is 12.8 Å². The summed E-state index contributed by atoms with van der Waals surface area (Å²) in [5.74, 6) is 0.651. The summed E-state index contributed by atoms with van der Waals surface area (Å²) < 4.78 is 17.3. The Morgan fingerprint density at radius 2 is 1.62 bits per heavy atom. The first-order valence-corrected chi connectivity index (χ1v) is 14.6. The number of nitrogens with zero attached hydrogens (tertiary/aromatic N) is 4. The van der Waals surface area contributed by atoms with Gasteiger partial charge >= 0.3 is 0 Å². The van der Waals surface area contributed by atoms with Gasteiger partial charge in [-0.2, -0.15) is 0 Å². The maximum absolute atomic E-state index is 13.8. The summed E-state index contributed by atoms with van der Waals surface area (Å²) in [6.45, 7) is 9.33. The maximum atomic E-state index is 13.8. The number of methoxy groups -OCH3 is 1. The molecule has 9 heteroatoms. The third-order valence-corrected chi connectivity index (χ3v) is 8.24. The van der Waals surface area contributed by atoms with Crippen LogP contribution in [-0.2, 0) is 14.3 Å². The Morgan fingerprint density at radius 1 is 0.974 bits per heavy atom. The van der Waals surface area contributed by atoms with Crippen LogP contribution >= 0.6 is 0 Å². The first-order chi connectivity index (χ1) is 19.0. The monoisotopic (exact) mass is 538 g/mol. The van der Waals surface area contributed by atoms with Gasteiger partial charge in [-0.05, 0) is 31.0 Å². The minimum atomic E-state index is -0.494. The molecule has 4 heterocycles. The van der Waals surface area contributed by atoms with Crippen LogP contribution < -0.4 is 9.64 Å². The van der Waals surface area contributed by atoms with Gasteiger partial charge < -0.3 is 28.9 Å². The van der Waals surface area contributed by atoms with Crippen LogP contribution in [0.4, 0.5) is 5.69 Å². The number of piperidine rings is 1. The number of amides is 2. The average molecular weight is 539 g/mol. The van der Waals surface area contributed by atoms with Gasteiger partial charge in [-0.15, -0.1) is 0 Å². The number of aromatic nitrogens is 1. The van der Waals surface area contributed by atoms with Gasteiger partial charge in [-0.1, -0.05) is 26.7 Å². The summed E-state index contributed by atoms with van der Waals surface area (Å²) in [5.41, 5.74) is 2.31. The quantitative estimate of drug-likeness (QED) is 0.567. The molecule has 1 aromatic carbocycles. The van der Waals surface area contributed by atoms with E-state index in [9.17, 15) is 9.59 Å². The Labute approximate surface area is 231 Å². The summed E-state index contributed by atoms with van der Waals surface area (Å²) in [7, 11) is 1.64. The highest BCUT2D eigenvalue weighted by molar-refractivity contribution is 6.07. The molecule has 9 nitrogen and oxygen atoms in total. The minimum Gasteiger partial charge on any atom is -0.497 e. The second-order valence-corrected chi connectivity index (χ2v) is 10.9. The Balaban J connectivity index is 0.000000723. The van der Waals surface area contributed by atoms with Crippen molar-refractivity contribution in [2.24, 2.45) is 5.92 Å². The summed E-state index contributed by atoms with van der Waals surface area (Å²) in [6.07, 6.45) is 7.84. The number of ether oxygens (including phenoxy) is 3. The standard InChI is InChI=1S/C26H32N4O5.C4H10/c1-33-19-4-5-22-20(16-19)23(28-8-6-26(7-9-28)34-14-15-35-26)21(17-27-22)25(32)30-12-10-29(11-13-30)24(31)18-2-3-18;1-3-4-2/h4-5,16-18H,2-3,6-15H2,1H3;3-4H2,1-2H3. The van der Waals surface area contributed by atoms with Gasteiger partial charge in [-0.25, -0.2) is 0 Å². The molecule has 2 amide bonds. The normalized spacial score (nSPS) is 20.6. The number of pyridine rings is 1. The van der Waals surface area contributed by atoms with Crippen molar-refractivity contribution in [2.75, 3.05) is 64.5 Å². The third-order valence-electron chi connectivity index (χ3n) is 8.24. The maximum Gasteiger partial charge on any atom is 0.257 e. The summed E-state index contributed by atoms with van der Waals surface area (Å²) >= 11 is 0. The predicted molar refractivity (Wildman–Crippen MR) is 150 cm³/mol. The van der Waals surface area contributed by atoms with Crippen molar-refractivity contribution in [3.8, 4) is 5.75 Å². The van der Waals surface area contributed by atoms with Crippen LogP contribution in [0.1, 0.15) is 62.7 Å². The third kappa shape index (κ3) is 5.99. The molecule has 39 heavy (non-hydrogen) atoms. The number of carbonyl (C=O) groups is 2. The van der Waals surface area contributed by atoms with Crippen molar-refractivity contribution in [1.82, 2.24) is 14.8 Å². The second-order valence-electron chi connectivity index (χ2n) is 10.9. The Morgan fingerprint density at radius 3 is 2.21 bits per heavy atom. The van der Waals surface area contributed by atoms with Crippen LogP contribution in [0.5, 0.6) is 5.75 Å². The Bertz CT molecular complexity index is 1160. The van der Waals surface area contributed by atoms with Crippen molar-refractivity contribution >= 4 is 28.4 Å². The Hall–Kier alpha value is -2.91. The van der Waals surface area contributed by atoms with E-state index in [1.54, 1.807) is 13.3 Å². The van der Waals surface area contributed by atoms with Crippen LogP contribution in [0.3, 0.4) is 0 Å². The molecule has 6 rings (SSSR count). The molecule has 3 saturated heterocycles. The van der Waals surface area contributed by atoms with E-state index in [2.05, 4.69) is 23.7 Å². The van der Waals surface area contributed by atoms with E-state index in [-0.39, 0.29) is 17.7 Å². The lowest BCUT2D eigenvalue weighted by molar-refractivity contribution is -0.169. The molecule has 1 spiro atoms. The molecule has 0 atom stereocenters. The van der Waals surface area contributed by atoms with Crippen LogP contribution in [-0.4, -0.2) is 92.0 Å². The molecule has 0 N–H and O–H groups in total. The first-order valence-electron chi connectivity index (χ1n) is 14.6. The van der Waals surface area contributed by atoms with E-state index in [1.807, 2.05) is 28.0 Å². The van der Waals surface area contributed by atoms with Gasteiger partial charge in [0.2, 0.25) is 5.91 Å². The molecule has 4 aliphatic rings. The number of fused-ring (bicyclic) bond motifs is 1. The van der Waals surface area contributed by atoms with E-state index in [4.69, 9.17) is 14.2 Å². The van der Waals surface area contributed by atoms with Gasteiger partial charge in [0.05, 0.1) is 37.1 Å². The molecule has 1 aromatic heterocycles. The largest absolute Gasteiger partial charge is 0.497 e. The first kappa shape index (κ1) is 27.6. The van der Waals surface area contributed by atoms with Crippen molar-refractivity contribution in [1.29, 1.82) is 0 Å². The highest BCUT2D eigenvalue weighted by Gasteiger charge is 2.41. The van der Waals surface area contributed by atoms with Crippen LogP contribution in [0, 0.1) is 5.92 Å². The zero-order valence-corrected chi connectivity index (χ0v) is 23.6. The fourth-order valence-corrected chi connectivity index (χ4v) is 5.53. The average Bonchev–Trinajstić information content (AvgIpc) is 3.75. The fourth-order valence-electron chi connectivity index (χ4n) is 5.53. The molecule has 212 valence electrons. The molecular weight excluding hydrogens is 496 g/mol. The van der Waals surface area contributed by atoms with Crippen molar-refractivity contribution < 1.29 is 23.8 Å². The van der Waals surface area contributed by atoms with E-state index in [0.29, 0.717) is 45.0 Å². The van der Waals surface area contributed by atoms with E-state index in [0.717, 1.165) is 61.1 Å². The second kappa shape index (κ2) is 12.1. The number of piperazine rings is 1. The number of anilines is 1. The van der Waals surface area contributed by atoms with Gasteiger partial charge in [-0.3, -0.25) is 14.6 Å². The molecule has 2 aromatic rings. The highest BCUT2D eigenvalue weighted by Crippen LogP contribution is 2.38. The Kier molecular flexibility index (Phi) is 8.57. The molecule has 0 unspecified atom stereocenters. The van der Waals surface area contributed by atoms with Crippen LogP contribution in [0.25, 0.3) is 10.9 Å². The molecule has 3 aliphatic heterocycles. The van der Waals surface area contributed by atoms with Gasteiger partial charge in [0.25, 0.3) is 5.91 Å². The molecule has 1 saturated carbocycles. The van der Waals surface area contributed by atoms with Crippen LogP contribution in [0.15, 0.2) is 24.4 Å². The number of rotatable bonds is 5. The lowest BCUT2D eigenvalue weighted by atomic mass is 9.99. The SMILES string of the molecule is CCCC.COc1ccc2ncc(C(=O)N3CCN(C(=O)C4CC4)CC3)c(N3CCC4(CC3)OCCO4)c2c1. The minimum absolute atomic E-state index is 0.0376. The molecule has 0 bridgehead atoms. The summed E-state index contributed by atoms with van der Waals surface area (Å²) in [6, 6.07) is 5.79. The zero-order chi connectivity index (χ0) is 27.4. The smallest absolute Gasteiger partial charge is 0.257 e. The number of hydrogen-bond acceptors (Lipinski definition) is 7. The molecule has 1 aliphatic carbocycles. The molecular formula is C30H42N4O5. The van der Waals surface area contributed by atoms with E-state index < -0.39 is 5.79 Å². The molecule has 0 radical (unpaired) electrons. The topological polar surface area (TPSA) is 84.4 Å². The number of benzene rings is 1. The number of carbonyl (C=O) groups excluding carboxylic acids is 2. The summed E-state index contributed by atoms with van der Waals surface area (Å²) in [5, 5.41) is 0.905. The zero-order valence-electron chi connectivity index (χ0n) is 23.6. The predicted octanol–water partition coefficient (Wildman–Crippen LogP) is 4.09. The lowest BCUT2D eigenvalue weighted by Gasteiger charge is -2.40. The van der Waals surface area contributed by atoms with Crippen molar-refractivity contribution in [3.63, 3.8) is 0 Å². The lowest BCUT2D eigenvalue weighted by Crippen LogP contribution is -2.51.